The molecule has 0 bridgehead atoms. The second kappa shape index (κ2) is 8.28. The highest BCUT2D eigenvalue weighted by atomic mass is 16.5. The molecule has 0 amide bonds. The Hall–Kier alpha value is -0.900. The standard InChI is InChI=1S/C13H20O3/c14-8-4-7-13(9-15)11-16-10-12-5-2-1-3-6-12/h1-3,5-6,13-15H,4,7-11H2. The van der Waals surface area contributed by atoms with Gasteiger partial charge in [-0.25, -0.2) is 0 Å². The second-order valence-electron chi connectivity index (χ2n) is 3.92. The van der Waals surface area contributed by atoms with Crippen LogP contribution in [0.3, 0.4) is 0 Å². The molecule has 0 aromatic heterocycles. The molecule has 1 unspecified atom stereocenters. The Kier molecular flexibility index (Phi) is 6.81. The molecule has 0 heterocycles. The van der Waals surface area contributed by atoms with Crippen molar-refractivity contribution in [1.29, 1.82) is 0 Å². The first kappa shape index (κ1) is 13.2. The average Bonchev–Trinajstić information content (AvgIpc) is 2.35. The van der Waals surface area contributed by atoms with Crippen molar-refractivity contribution in [3.63, 3.8) is 0 Å². The maximum Gasteiger partial charge on any atom is 0.0717 e. The molecule has 0 saturated heterocycles. The first-order chi connectivity index (χ1) is 7.86. The van der Waals surface area contributed by atoms with Gasteiger partial charge in [-0.15, -0.1) is 0 Å². The van der Waals surface area contributed by atoms with Gasteiger partial charge in [0.2, 0.25) is 0 Å². The van der Waals surface area contributed by atoms with E-state index in [-0.39, 0.29) is 19.1 Å². The summed E-state index contributed by atoms with van der Waals surface area (Å²) < 4.78 is 5.53. The summed E-state index contributed by atoms with van der Waals surface area (Å²) in [5.41, 5.74) is 1.14. The van der Waals surface area contributed by atoms with Crippen molar-refractivity contribution in [2.75, 3.05) is 19.8 Å². The van der Waals surface area contributed by atoms with Crippen molar-refractivity contribution in [3.05, 3.63) is 35.9 Å². The lowest BCUT2D eigenvalue weighted by Crippen LogP contribution is -2.14. The van der Waals surface area contributed by atoms with Crippen LogP contribution in [-0.2, 0) is 11.3 Å². The molecule has 90 valence electrons. The Morgan fingerprint density at radius 1 is 1.12 bits per heavy atom. The molecule has 16 heavy (non-hydrogen) atoms. The molecule has 0 fully saturated rings. The number of benzene rings is 1. The molecule has 3 heteroatoms. The maximum atomic E-state index is 9.09. The molecule has 1 rings (SSSR count). The van der Waals surface area contributed by atoms with Crippen LogP contribution in [0.2, 0.25) is 0 Å². The SMILES string of the molecule is OCCCC(CO)COCc1ccccc1. The normalized spacial score (nSPS) is 12.6. The summed E-state index contributed by atoms with van der Waals surface area (Å²) in [5, 5.41) is 17.8. The third kappa shape index (κ3) is 5.26. The summed E-state index contributed by atoms with van der Waals surface area (Å²) in [6.45, 7) is 1.42. The van der Waals surface area contributed by atoms with E-state index in [9.17, 15) is 0 Å². The number of ether oxygens (including phenoxy) is 1. The van der Waals surface area contributed by atoms with E-state index < -0.39 is 0 Å². The Bertz CT molecular complexity index is 261. The molecular weight excluding hydrogens is 204 g/mol. The average molecular weight is 224 g/mol. The van der Waals surface area contributed by atoms with E-state index in [4.69, 9.17) is 14.9 Å². The molecule has 0 radical (unpaired) electrons. The fourth-order valence-corrected chi connectivity index (χ4v) is 1.52. The molecule has 0 aliphatic rings. The van der Waals surface area contributed by atoms with Crippen LogP contribution < -0.4 is 0 Å². The topological polar surface area (TPSA) is 49.7 Å². The summed E-state index contributed by atoms with van der Waals surface area (Å²) in [7, 11) is 0. The van der Waals surface area contributed by atoms with Crippen LogP contribution in [0.4, 0.5) is 0 Å². The molecule has 1 aromatic carbocycles. The quantitative estimate of drug-likeness (QED) is 0.705. The van der Waals surface area contributed by atoms with Crippen molar-refractivity contribution >= 4 is 0 Å². The first-order valence-electron chi connectivity index (χ1n) is 5.70. The lowest BCUT2D eigenvalue weighted by molar-refractivity contribution is 0.0568. The number of hydrogen-bond donors (Lipinski definition) is 2. The van der Waals surface area contributed by atoms with Gasteiger partial charge in [-0.2, -0.15) is 0 Å². The predicted molar refractivity (Wildman–Crippen MR) is 63.0 cm³/mol. The smallest absolute Gasteiger partial charge is 0.0717 e. The van der Waals surface area contributed by atoms with Gasteiger partial charge in [-0.05, 0) is 18.4 Å². The van der Waals surface area contributed by atoms with Crippen LogP contribution >= 0.6 is 0 Å². The van der Waals surface area contributed by atoms with Gasteiger partial charge < -0.3 is 14.9 Å². The highest BCUT2D eigenvalue weighted by Gasteiger charge is 2.07. The zero-order valence-electron chi connectivity index (χ0n) is 9.51. The summed E-state index contributed by atoms with van der Waals surface area (Å²) in [6, 6.07) is 9.96. The Balaban J connectivity index is 2.18. The highest BCUT2D eigenvalue weighted by molar-refractivity contribution is 5.13. The second-order valence-corrected chi connectivity index (χ2v) is 3.92. The van der Waals surface area contributed by atoms with Gasteiger partial charge in [-0.1, -0.05) is 30.3 Å². The van der Waals surface area contributed by atoms with Crippen molar-refractivity contribution in [2.24, 2.45) is 5.92 Å². The first-order valence-corrected chi connectivity index (χ1v) is 5.70. The van der Waals surface area contributed by atoms with Gasteiger partial charge in [-0.3, -0.25) is 0 Å². The van der Waals surface area contributed by atoms with E-state index >= 15 is 0 Å². The van der Waals surface area contributed by atoms with E-state index in [0.29, 0.717) is 13.2 Å². The van der Waals surface area contributed by atoms with Gasteiger partial charge in [0.1, 0.15) is 0 Å². The van der Waals surface area contributed by atoms with E-state index in [2.05, 4.69) is 0 Å². The van der Waals surface area contributed by atoms with Gasteiger partial charge in [0.05, 0.1) is 13.2 Å². The van der Waals surface area contributed by atoms with E-state index in [1.165, 1.54) is 0 Å². The summed E-state index contributed by atoms with van der Waals surface area (Å²) >= 11 is 0. The monoisotopic (exact) mass is 224 g/mol. The zero-order chi connectivity index (χ0) is 11.6. The predicted octanol–water partition coefficient (Wildman–Crippen LogP) is 1.58. The summed E-state index contributed by atoms with van der Waals surface area (Å²) in [5.74, 6) is 0.135. The molecule has 1 aromatic rings. The van der Waals surface area contributed by atoms with Crippen molar-refractivity contribution in [2.45, 2.75) is 19.4 Å². The van der Waals surface area contributed by atoms with Crippen LogP contribution in [0, 0.1) is 5.92 Å². The van der Waals surface area contributed by atoms with Crippen LogP contribution in [0.25, 0.3) is 0 Å². The van der Waals surface area contributed by atoms with E-state index in [1.54, 1.807) is 0 Å². The van der Waals surface area contributed by atoms with Crippen molar-refractivity contribution in [1.82, 2.24) is 0 Å². The van der Waals surface area contributed by atoms with Crippen molar-refractivity contribution < 1.29 is 14.9 Å². The Morgan fingerprint density at radius 2 is 1.88 bits per heavy atom. The summed E-state index contributed by atoms with van der Waals surface area (Å²) in [6.07, 6.45) is 1.53. The maximum absolute atomic E-state index is 9.09. The largest absolute Gasteiger partial charge is 0.396 e. The van der Waals surface area contributed by atoms with Gasteiger partial charge in [0.15, 0.2) is 0 Å². The number of aliphatic hydroxyl groups is 2. The fourth-order valence-electron chi connectivity index (χ4n) is 1.52. The number of rotatable bonds is 8. The molecule has 2 N–H and O–H groups in total. The summed E-state index contributed by atoms with van der Waals surface area (Å²) in [4.78, 5) is 0. The number of hydrogen-bond acceptors (Lipinski definition) is 3. The minimum Gasteiger partial charge on any atom is -0.396 e. The van der Waals surface area contributed by atoms with Gasteiger partial charge >= 0.3 is 0 Å². The van der Waals surface area contributed by atoms with Crippen LogP contribution in [0.15, 0.2) is 30.3 Å². The molecule has 0 aliphatic carbocycles. The fraction of sp³-hybridized carbons (Fsp3) is 0.538. The zero-order valence-corrected chi connectivity index (χ0v) is 9.51. The Labute approximate surface area is 96.7 Å². The minimum atomic E-state index is 0.120. The molecule has 0 aliphatic heterocycles. The molecule has 0 spiro atoms. The van der Waals surface area contributed by atoms with Crippen LogP contribution in [0.5, 0.6) is 0 Å². The van der Waals surface area contributed by atoms with Crippen LogP contribution in [-0.4, -0.2) is 30.0 Å². The molecule has 1 atom stereocenters. The van der Waals surface area contributed by atoms with Crippen LogP contribution in [0.1, 0.15) is 18.4 Å². The Morgan fingerprint density at radius 3 is 2.50 bits per heavy atom. The van der Waals surface area contributed by atoms with E-state index in [1.807, 2.05) is 30.3 Å². The lowest BCUT2D eigenvalue weighted by atomic mass is 10.1. The molecular formula is C13H20O3. The minimum absolute atomic E-state index is 0.120. The van der Waals surface area contributed by atoms with E-state index in [0.717, 1.165) is 18.4 Å². The third-order valence-electron chi connectivity index (χ3n) is 2.49. The lowest BCUT2D eigenvalue weighted by Gasteiger charge is -2.13. The highest BCUT2D eigenvalue weighted by Crippen LogP contribution is 2.08. The van der Waals surface area contributed by atoms with Gasteiger partial charge in [0, 0.05) is 19.1 Å². The van der Waals surface area contributed by atoms with Gasteiger partial charge in [0.25, 0.3) is 0 Å². The molecule has 3 nitrogen and oxygen atoms in total. The van der Waals surface area contributed by atoms with Crippen molar-refractivity contribution in [3.8, 4) is 0 Å². The molecule has 0 saturated carbocycles. The number of aliphatic hydroxyl groups excluding tert-OH is 2. The third-order valence-corrected chi connectivity index (χ3v) is 2.49.